The maximum absolute atomic E-state index is 12.3. The lowest BCUT2D eigenvalue weighted by atomic mass is 10.0. The first-order valence-electron chi connectivity index (χ1n) is 6.28. The summed E-state index contributed by atoms with van der Waals surface area (Å²) in [5.74, 6) is -1.43. The molecule has 0 saturated heterocycles. The van der Waals surface area contributed by atoms with Gasteiger partial charge in [-0.05, 0) is 23.6 Å². The second-order valence-corrected chi connectivity index (χ2v) is 4.68. The Hall–Kier alpha value is -2.35. The highest BCUT2D eigenvalue weighted by Gasteiger charge is 2.15. The standard InChI is InChI=1S/C13H13ClF2N4O3/c14-10-4-7(1-2-8(12(21)22)6-19-20-18)3-9(5-17)11(10)23-13(15)16/h2-4,13H,1,5-6,17H2,(H,21,22)/b8-2+. The Morgan fingerprint density at radius 3 is 2.78 bits per heavy atom. The Morgan fingerprint density at radius 1 is 1.57 bits per heavy atom. The lowest BCUT2D eigenvalue weighted by Gasteiger charge is -2.13. The van der Waals surface area contributed by atoms with Crippen LogP contribution < -0.4 is 10.5 Å². The van der Waals surface area contributed by atoms with Crippen molar-refractivity contribution < 1.29 is 23.4 Å². The summed E-state index contributed by atoms with van der Waals surface area (Å²) in [6.45, 7) is -3.43. The Kier molecular flexibility index (Phi) is 7.27. The number of hydrogen-bond acceptors (Lipinski definition) is 4. The van der Waals surface area contributed by atoms with E-state index >= 15 is 0 Å². The summed E-state index contributed by atoms with van der Waals surface area (Å²) < 4.78 is 29.0. The number of carboxylic acids is 1. The van der Waals surface area contributed by atoms with Crippen molar-refractivity contribution in [2.24, 2.45) is 10.8 Å². The maximum atomic E-state index is 12.3. The molecule has 0 amide bonds. The predicted octanol–water partition coefficient (Wildman–Crippen LogP) is 3.26. The number of nitrogens with two attached hydrogens (primary N) is 1. The first-order valence-corrected chi connectivity index (χ1v) is 6.66. The van der Waals surface area contributed by atoms with Crippen LogP contribution in [0.3, 0.4) is 0 Å². The Labute approximate surface area is 134 Å². The number of alkyl halides is 2. The smallest absolute Gasteiger partial charge is 0.387 e. The molecular weight excluding hydrogens is 334 g/mol. The lowest BCUT2D eigenvalue weighted by Crippen LogP contribution is -2.08. The highest BCUT2D eigenvalue weighted by atomic mass is 35.5. The van der Waals surface area contributed by atoms with E-state index in [-0.39, 0.29) is 41.4 Å². The summed E-state index contributed by atoms with van der Waals surface area (Å²) in [6.07, 6.45) is 1.49. The zero-order chi connectivity index (χ0) is 17.4. The lowest BCUT2D eigenvalue weighted by molar-refractivity contribution is -0.132. The van der Waals surface area contributed by atoms with E-state index in [9.17, 15) is 13.6 Å². The molecular formula is C13H13ClF2N4O3. The number of azide groups is 1. The summed E-state index contributed by atoms with van der Waals surface area (Å²) in [6, 6.07) is 2.87. The summed E-state index contributed by atoms with van der Waals surface area (Å²) in [7, 11) is 0. The molecule has 0 unspecified atom stereocenters. The van der Waals surface area contributed by atoms with E-state index in [1.54, 1.807) is 0 Å². The van der Waals surface area contributed by atoms with E-state index in [4.69, 9.17) is 28.0 Å². The van der Waals surface area contributed by atoms with Gasteiger partial charge in [0.2, 0.25) is 0 Å². The molecule has 3 N–H and O–H groups in total. The van der Waals surface area contributed by atoms with Gasteiger partial charge in [-0.2, -0.15) is 8.78 Å². The second-order valence-electron chi connectivity index (χ2n) is 4.28. The van der Waals surface area contributed by atoms with Crippen molar-refractivity contribution in [1.82, 2.24) is 0 Å². The molecule has 23 heavy (non-hydrogen) atoms. The van der Waals surface area contributed by atoms with Gasteiger partial charge in [-0.15, -0.1) is 0 Å². The van der Waals surface area contributed by atoms with Crippen LogP contribution in [0, 0.1) is 0 Å². The molecule has 7 nitrogen and oxygen atoms in total. The number of hydrogen-bond donors (Lipinski definition) is 2. The molecule has 0 aliphatic rings. The van der Waals surface area contributed by atoms with Gasteiger partial charge < -0.3 is 15.6 Å². The minimum absolute atomic E-state index is 0.0522. The number of carbonyl (C=O) groups is 1. The molecule has 0 atom stereocenters. The van der Waals surface area contributed by atoms with Crippen LogP contribution in [0.25, 0.3) is 10.4 Å². The zero-order valence-electron chi connectivity index (χ0n) is 11.7. The van der Waals surface area contributed by atoms with E-state index in [1.807, 2.05) is 0 Å². The van der Waals surface area contributed by atoms with Crippen molar-refractivity contribution in [2.45, 2.75) is 19.6 Å². The van der Waals surface area contributed by atoms with E-state index in [0.29, 0.717) is 5.56 Å². The number of aliphatic carboxylic acids is 1. The number of rotatable bonds is 8. The fraction of sp³-hybridized carbons (Fsp3) is 0.308. The highest BCUT2D eigenvalue weighted by molar-refractivity contribution is 6.32. The molecule has 10 heteroatoms. The summed E-state index contributed by atoms with van der Waals surface area (Å²) in [5, 5.41) is 12.1. The first kappa shape index (κ1) is 18.7. The van der Waals surface area contributed by atoms with Crippen molar-refractivity contribution in [3.63, 3.8) is 0 Å². The van der Waals surface area contributed by atoms with Crippen molar-refractivity contribution >= 4 is 17.6 Å². The minimum atomic E-state index is -3.04. The maximum Gasteiger partial charge on any atom is 0.387 e. The normalized spacial score (nSPS) is 11.3. The number of nitrogens with zero attached hydrogens (tertiary/aromatic N) is 3. The van der Waals surface area contributed by atoms with Crippen LogP contribution in [0.2, 0.25) is 5.02 Å². The molecule has 1 rings (SSSR count). The highest BCUT2D eigenvalue weighted by Crippen LogP contribution is 2.32. The Balaban J connectivity index is 3.07. The van der Waals surface area contributed by atoms with Gasteiger partial charge in [0.1, 0.15) is 5.75 Å². The third-order valence-corrected chi connectivity index (χ3v) is 3.05. The summed E-state index contributed by atoms with van der Waals surface area (Å²) in [4.78, 5) is 13.5. The van der Waals surface area contributed by atoms with Gasteiger partial charge >= 0.3 is 12.6 Å². The average Bonchev–Trinajstić information content (AvgIpc) is 2.48. The molecule has 0 aliphatic heterocycles. The van der Waals surface area contributed by atoms with Gasteiger partial charge in [0.05, 0.1) is 11.6 Å². The molecule has 0 spiro atoms. The van der Waals surface area contributed by atoms with Crippen LogP contribution in [0.5, 0.6) is 5.75 Å². The molecule has 0 heterocycles. The molecule has 0 bridgehead atoms. The van der Waals surface area contributed by atoms with Crippen LogP contribution in [-0.4, -0.2) is 24.2 Å². The molecule has 1 aromatic rings. The second kappa shape index (κ2) is 8.94. The zero-order valence-corrected chi connectivity index (χ0v) is 12.5. The monoisotopic (exact) mass is 346 g/mol. The van der Waals surface area contributed by atoms with Crippen LogP contribution >= 0.6 is 11.6 Å². The van der Waals surface area contributed by atoms with Crippen molar-refractivity contribution in [3.05, 3.63) is 50.4 Å². The van der Waals surface area contributed by atoms with Gasteiger partial charge in [0.15, 0.2) is 0 Å². The summed E-state index contributed by atoms with van der Waals surface area (Å²) in [5.41, 5.74) is 14.4. The van der Waals surface area contributed by atoms with Crippen LogP contribution in [0.4, 0.5) is 8.78 Å². The molecule has 0 saturated carbocycles. The third kappa shape index (κ3) is 5.74. The third-order valence-electron chi connectivity index (χ3n) is 2.77. The van der Waals surface area contributed by atoms with Gasteiger partial charge in [0, 0.05) is 22.6 Å². The van der Waals surface area contributed by atoms with Crippen molar-refractivity contribution in [2.75, 3.05) is 6.54 Å². The first-order chi connectivity index (χ1) is 10.9. The fourth-order valence-corrected chi connectivity index (χ4v) is 2.08. The van der Waals surface area contributed by atoms with E-state index in [2.05, 4.69) is 14.8 Å². The number of carboxylic acid groups (broad SMARTS) is 1. The predicted molar refractivity (Wildman–Crippen MR) is 79.4 cm³/mol. The molecule has 0 aliphatic carbocycles. The van der Waals surface area contributed by atoms with E-state index in [0.717, 1.165) is 0 Å². The SMILES string of the molecule is [N-]=[N+]=NC/C(=C\Cc1cc(Cl)c(OC(F)F)c(CN)c1)C(=O)O. The largest absolute Gasteiger partial charge is 0.478 e. The van der Waals surface area contributed by atoms with Gasteiger partial charge in [-0.1, -0.05) is 28.9 Å². The Morgan fingerprint density at radius 2 is 2.26 bits per heavy atom. The van der Waals surface area contributed by atoms with E-state index < -0.39 is 12.6 Å². The van der Waals surface area contributed by atoms with Crippen molar-refractivity contribution in [1.29, 1.82) is 0 Å². The molecule has 0 radical (unpaired) electrons. The minimum Gasteiger partial charge on any atom is -0.478 e. The fourth-order valence-electron chi connectivity index (χ4n) is 1.77. The Bertz CT molecular complexity index is 661. The quantitative estimate of drug-likeness (QED) is 0.324. The average molecular weight is 347 g/mol. The van der Waals surface area contributed by atoms with Crippen LogP contribution in [0.1, 0.15) is 11.1 Å². The van der Waals surface area contributed by atoms with Crippen molar-refractivity contribution in [3.8, 4) is 5.75 Å². The molecule has 0 aromatic heterocycles. The van der Waals surface area contributed by atoms with Gasteiger partial charge in [-0.25, -0.2) is 4.79 Å². The molecule has 0 fully saturated rings. The molecule has 124 valence electrons. The number of ether oxygens (including phenoxy) is 1. The van der Waals surface area contributed by atoms with Gasteiger partial charge in [-0.3, -0.25) is 0 Å². The number of benzene rings is 1. The van der Waals surface area contributed by atoms with Crippen LogP contribution in [0.15, 0.2) is 28.9 Å². The number of allylic oxidation sites excluding steroid dienone is 1. The summed E-state index contributed by atoms with van der Waals surface area (Å²) >= 11 is 5.90. The topological polar surface area (TPSA) is 121 Å². The van der Waals surface area contributed by atoms with Gasteiger partial charge in [0.25, 0.3) is 0 Å². The van der Waals surface area contributed by atoms with Crippen LogP contribution in [-0.2, 0) is 17.8 Å². The number of halogens is 3. The molecule has 1 aromatic carbocycles. The van der Waals surface area contributed by atoms with E-state index in [1.165, 1.54) is 18.2 Å².